The SMILES string of the molecule is CC(NCCc1nccn1Cc1ccccc1)c1cccs1. The molecule has 0 bridgehead atoms. The van der Waals surface area contributed by atoms with Gasteiger partial charge in [-0.3, -0.25) is 0 Å². The highest BCUT2D eigenvalue weighted by Crippen LogP contribution is 2.17. The first kappa shape index (κ1) is 15.0. The van der Waals surface area contributed by atoms with Crippen LogP contribution in [0.15, 0.2) is 60.2 Å². The first-order chi connectivity index (χ1) is 10.8. The second-order valence-electron chi connectivity index (χ2n) is 5.40. The summed E-state index contributed by atoms with van der Waals surface area (Å²) in [6.07, 6.45) is 4.89. The highest BCUT2D eigenvalue weighted by molar-refractivity contribution is 7.10. The number of hydrogen-bond donors (Lipinski definition) is 1. The Labute approximate surface area is 135 Å². The molecule has 3 aromatic rings. The van der Waals surface area contributed by atoms with Gasteiger partial charge in [0.25, 0.3) is 0 Å². The van der Waals surface area contributed by atoms with Crippen LogP contribution in [-0.2, 0) is 13.0 Å². The number of nitrogens with one attached hydrogen (secondary N) is 1. The minimum Gasteiger partial charge on any atom is -0.330 e. The number of rotatable bonds is 7. The van der Waals surface area contributed by atoms with Crippen molar-refractivity contribution in [3.8, 4) is 0 Å². The maximum atomic E-state index is 4.50. The third kappa shape index (κ3) is 3.84. The third-order valence-corrected chi connectivity index (χ3v) is 4.82. The average molecular weight is 311 g/mol. The summed E-state index contributed by atoms with van der Waals surface area (Å²) in [4.78, 5) is 5.88. The molecule has 0 aliphatic rings. The maximum absolute atomic E-state index is 4.50. The van der Waals surface area contributed by atoms with Crippen molar-refractivity contribution in [2.75, 3.05) is 6.54 Å². The monoisotopic (exact) mass is 311 g/mol. The number of imidazole rings is 1. The van der Waals surface area contributed by atoms with E-state index >= 15 is 0 Å². The van der Waals surface area contributed by atoms with Crippen molar-refractivity contribution in [1.82, 2.24) is 14.9 Å². The van der Waals surface area contributed by atoms with Gasteiger partial charge < -0.3 is 9.88 Å². The summed E-state index contributed by atoms with van der Waals surface area (Å²) < 4.78 is 2.23. The van der Waals surface area contributed by atoms with Crippen molar-refractivity contribution in [3.05, 3.63) is 76.5 Å². The molecule has 2 aromatic heterocycles. The van der Waals surface area contributed by atoms with Crippen molar-refractivity contribution in [1.29, 1.82) is 0 Å². The molecule has 1 unspecified atom stereocenters. The number of nitrogens with zero attached hydrogens (tertiary/aromatic N) is 2. The minimum atomic E-state index is 0.400. The van der Waals surface area contributed by atoms with E-state index in [1.165, 1.54) is 10.4 Å². The van der Waals surface area contributed by atoms with Gasteiger partial charge in [0, 0.05) is 42.8 Å². The molecule has 3 nitrogen and oxygen atoms in total. The van der Waals surface area contributed by atoms with Gasteiger partial charge in [0.15, 0.2) is 0 Å². The van der Waals surface area contributed by atoms with Crippen molar-refractivity contribution in [3.63, 3.8) is 0 Å². The van der Waals surface area contributed by atoms with Crippen LogP contribution < -0.4 is 5.32 Å². The molecule has 0 amide bonds. The van der Waals surface area contributed by atoms with Gasteiger partial charge in [-0.15, -0.1) is 11.3 Å². The van der Waals surface area contributed by atoms with E-state index in [4.69, 9.17) is 0 Å². The molecule has 0 saturated heterocycles. The second kappa shape index (κ2) is 7.38. The molecule has 1 N–H and O–H groups in total. The molecule has 22 heavy (non-hydrogen) atoms. The molecule has 0 radical (unpaired) electrons. The molecular weight excluding hydrogens is 290 g/mol. The standard InChI is InChI=1S/C18H21N3S/c1-15(17-8-5-13-22-17)19-10-9-18-20-11-12-21(18)14-16-6-3-2-4-7-16/h2-8,11-13,15,19H,9-10,14H2,1H3. The fourth-order valence-corrected chi connectivity index (χ4v) is 3.29. The van der Waals surface area contributed by atoms with Gasteiger partial charge in [-0.1, -0.05) is 36.4 Å². The largest absolute Gasteiger partial charge is 0.330 e. The van der Waals surface area contributed by atoms with Crippen LogP contribution in [0.25, 0.3) is 0 Å². The lowest BCUT2D eigenvalue weighted by Gasteiger charge is -2.13. The van der Waals surface area contributed by atoms with Crippen LogP contribution in [0.3, 0.4) is 0 Å². The smallest absolute Gasteiger partial charge is 0.110 e. The third-order valence-electron chi connectivity index (χ3n) is 3.77. The molecule has 4 heteroatoms. The van der Waals surface area contributed by atoms with Gasteiger partial charge in [-0.25, -0.2) is 4.98 Å². The summed E-state index contributed by atoms with van der Waals surface area (Å²) in [6.45, 7) is 4.03. The second-order valence-corrected chi connectivity index (χ2v) is 6.38. The van der Waals surface area contributed by atoms with Crippen LogP contribution in [-0.4, -0.2) is 16.1 Å². The zero-order chi connectivity index (χ0) is 15.2. The molecular formula is C18H21N3S. The molecule has 3 rings (SSSR count). The molecule has 1 atom stereocenters. The Hall–Kier alpha value is -1.91. The van der Waals surface area contributed by atoms with Crippen LogP contribution in [0.1, 0.15) is 29.2 Å². The first-order valence-corrected chi connectivity index (χ1v) is 8.51. The quantitative estimate of drug-likeness (QED) is 0.717. The van der Waals surface area contributed by atoms with Crippen LogP contribution in [0.5, 0.6) is 0 Å². The summed E-state index contributed by atoms with van der Waals surface area (Å²) in [5.74, 6) is 1.13. The predicted octanol–water partition coefficient (Wildman–Crippen LogP) is 3.89. The van der Waals surface area contributed by atoms with Gasteiger partial charge in [0.05, 0.1) is 0 Å². The van der Waals surface area contributed by atoms with Crippen molar-refractivity contribution in [2.24, 2.45) is 0 Å². The van der Waals surface area contributed by atoms with E-state index in [1.54, 1.807) is 11.3 Å². The van der Waals surface area contributed by atoms with E-state index in [-0.39, 0.29) is 0 Å². The highest BCUT2D eigenvalue weighted by Gasteiger charge is 2.07. The zero-order valence-electron chi connectivity index (χ0n) is 12.8. The lowest BCUT2D eigenvalue weighted by atomic mass is 10.2. The van der Waals surface area contributed by atoms with Gasteiger partial charge in [-0.05, 0) is 23.9 Å². The molecule has 2 heterocycles. The van der Waals surface area contributed by atoms with Gasteiger partial charge in [0.1, 0.15) is 5.82 Å². The normalized spacial score (nSPS) is 12.4. The van der Waals surface area contributed by atoms with E-state index in [0.717, 1.165) is 25.3 Å². The Kier molecular flexibility index (Phi) is 5.03. The Morgan fingerprint density at radius 3 is 2.82 bits per heavy atom. The van der Waals surface area contributed by atoms with Gasteiger partial charge in [-0.2, -0.15) is 0 Å². The molecule has 0 saturated carbocycles. The molecule has 114 valence electrons. The van der Waals surface area contributed by atoms with Crippen molar-refractivity contribution < 1.29 is 0 Å². The molecule has 0 aliphatic heterocycles. The summed E-state index contributed by atoms with van der Waals surface area (Å²) in [7, 11) is 0. The Bertz CT molecular complexity index is 673. The van der Waals surface area contributed by atoms with E-state index in [1.807, 2.05) is 12.3 Å². The topological polar surface area (TPSA) is 29.9 Å². The number of thiophene rings is 1. The lowest BCUT2D eigenvalue weighted by Crippen LogP contribution is -2.22. The zero-order valence-corrected chi connectivity index (χ0v) is 13.6. The summed E-state index contributed by atoms with van der Waals surface area (Å²) in [6, 6.07) is 15.2. The van der Waals surface area contributed by atoms with Crippen molar-refractivity contribution in [2.45, 2.75) is 25.9 Å². The molecule has 1 aromatic carbocycles. The summed E-state index contributed by atoms with van der Waals surface area (Å²) in [5, 5.41) is 5.70. The molecule has 0 spiro atoms. The van der Waals surface area contributed by atoms with E-state index in [2.05, 4.69) is 69.8 Å². The summed E-state index contributed by atoms with van der Waals surface area (Å²) >= 11 is 1.80. The Morgan fingerprint density at radius 1 is 1.18 bits per heavy atom. The van der Waals surface area contributed by atoms with E-state index in [9.17, 15) is 0 Å². The molecule has 0 aliphatic carbocycles. The molecule has 0 fully saturated rings. The van der Waals surface area contributed by atoms with Crippen LogP contribution >= 0.6 is 11.3 Å². The predicted molar refractivity (Wildman–Crippen MR) is 92.2 cm³/mol. The maximum Gasteiger partial charge on any atom is 0.110 e. The minimum absolute atomic E-state index is 0.400. The van der Waals surface area contributed by atoms with Gasteiger partial charge >= 0.3 is 0 Å². The average Bonchev–Trinajstić information content (AvgIpc) is 3.20. The number of benzene rings is 1. The van der Waals surface area contributed by atoms with Gasteiger partial charge in [0.2, 0.25) is 0 Å². The number of hydrogen-bond acceptors (Lipinski definition) is 3. The fraction of sp³-hybridized carbons (Fsp3) is 0.278. The van der Waals surface area contributed by atoms with E-state index in [0.29, 0.717) is 6.04 Å². The van der Waals surface area contributed by atoms with E-state index < -0.39 is 0 Å². The summed E-state index contributed by atoms with van der Waals surface area (Å²) in [5.41, 5.74) is 1.31. The van der Waals surface area contributed by atoms with Crippen LogP contribution in [0.2, 0.25) is 0 Å². The van der Waals surface area contributed by atoms with Crippen LogP contribution in [0.4, 0.5) is 0 Å². The number of aromatic nitrogens is 2. The lowest BCUT2D eigenvalue weighted by molar-refractivity contribution is 0.568. The first-order valence-electron chi connectivity index (χ1n) is 7.63. The fourth-order valence-electron chi connectivity index (χ4n) is 2.53. The van der Waals surface area contributed by atoms with Crippen LogP contribution in [0, 0.1) is 0 Å². The Balaban J connectivity index is 1.54. The van der Waals surface area contributed by atoms with Crippen molar-refractivity contribution >= 4 is 11.3 Å². The Morgan fingerprint density at radius 2 is 2.05 bits per heavy atom. The highest BCUT2D eigenvalue weighted by atomic mass is 32.1.